The summed E-state index contributed by atoms with van der Waals surface area (Å²) in [5.41, 5.74) is 1.19. The summed E-state index contributed by atoms with van der Waals surface area (Å²) in [4.78, 5) is 14.6. The number of thiocarbonyl (C=S) groups is 1. The summed E-state index contributed by atoms with van der Waals surface area (Å²) in [6, 6.07) is 12.4. The third kappa shape index (κ3) is 6.53. The van der Waals surface area contributed by atoms with Crippen molar-refractivity contribution < 1.29 is 0 Å². The molecule has 3 heterocycles. The molecule has 2 saturated heterocycles. The van der Waals surface area contributed by atoms with E-state index in [9.17, 15) is 0 Å². The number of benzene rings is 1. The second-order valence-electron chi connectivity index (χ2n) is 8.50. The smallest absolute Gasteiger partial charge is 0.232 e. The molecule has 0 unspecified atom stereocenters. The third-order valence-corrected chi connectivity index (χ3v) is 6.33. The molecule has 2 aromatic rings. The van der Waals surface area contributed by atoms with Gasteiger partial charge in [-0.3, -0.25) is 0 Å². The highest BCUT2D eigenvalue weighted by molar-refractivity contribution is 7.80. The molecule has 2 aliphatic heterocycles. The fraction of sp³-hybridized carbons (Fsp3) is 0.542. The highest BCUT2D eigenvalue weighted by atomic mass is 32.1. The maximum Gasteiger partial charge on any atom is 0.232 e. The normalized spacial score (nSPS) is 17.5. The number of hydrogen-bond donors (Lipinski definition) is 2. The van der Waals surface area contributed by atoms with Crippen molar-refractivity contribution in [1.29, 1.82) is 0 Å². The van der Waals surface area contributed by atoms with Gasteiger partial charge in [0.25, 0.3) is 0 Å². The van der Waals surface area contributed by atoms with Crippen molar-refractivity contribution in [3.8, 4) is 0 Å². The zero-order chi connectivity index (χ0) is 21.3. The van der Waals surface area contributed by atoms with E-state index in [0.29, 0.717) is 17.6 Å². The van der Waals surface area contributed by atoms with E-state index in [-0.39, 0.29) is 0 Å². The molecule has 0 bridgehead atoms. The molecule has 2 aliphatic rings. The highest BCUT2D eigenvalue weighted by Gasteiger charge is 2.18. The van der Waals surface area contributed by atoms with Gasteiger partial charge in [0, 0.05) is 38.8 Å². The summed E-state index contributed by atoms with van der Waals surface area (Å²) < 4.78 is 0. The minimum absolute atomic E-state index is 0.554. The number of nitrogens with zero attached hydrogens (tertiary/aromatic N) is 4. The molecule has 0 saturated carbocycles. The van der Waals surface area contributed by atoms with Gasteiger partial charge in [0.2, 0.25) is 5.95 Å². The molecule has 31 heavy (non-hydrogen) atoms. The fourth-order valence-corrected chi connectivity index (χ4v) is 4.49. The van der Waals surface area contributed by atoms with Gasteiger partial charge in [-0.25, -0.2) is 0 Å². The van der Waals surface area contributed by atoms with Crippen LogP contribution in [0, 0.1) is 0 Å². The zero-order valence-electron chi connectivity index (χ0n) is 18.4. The van der Waals surface area contributed by atoms with Gasteiger partial charge in [0.15, 0.2) is 5.11 Å². The average molecular weight is 439 g/mol. The Balaban J connectivity index is 1.50. The van der Waals surface area contributed by atoms with Crippen LogP contribution >= 0.6 is 12.2 Å². The molecule has 1 aromatic heterocycles. The molecule has 0 aliphatic carbocycles. The molecule has 0 amide bonds. The summed E-state index contributed by atoms with van der Waals surface area (Å²) in [6.07, 6.45) is 10.1. The van der Waals surface area contributed by atoms with Crippen LogP contribution in [-0.4, -0.2) is 41.3 Å². The second kappa shape index (κ2) is 11.3. The lowest BCUT2D eigenvalue weighted by Crippen LogP contribution is -2.31. The first-order chi connectivity index (χ1) is 15.3. The Morgan fingerprint density at radius 3 is 1.81 bits per heavy atom. The van der Waals surface area contributed by atoms with E-state index in [4.69, 9.17) is 22.2 Å². The van der Waals surface area contributed by atoms with Crippen LogP contribution < -0.4 is 20.4 Å². The summed E-state index contributed by atoms with van der Waals surface area (Å²) in [5.74, 6) is 2.63. The van der Waals surface area contributed by atoms with E-state index in [0.717, 1.165) is 37.8 Å². The topological polar surface area (TPSA) is 56.3 Å². The van der Waals surface area contributed by atoms with Crippen molar-refractivity contribution in [1.82, 2.24) is 15.3 Å². The van der Waals surface area contributed by atoms with Crippen LogP contribution in [0.25, 0.3) is 0 Å². The van der Waals surface area contributed by atoms with E-state index in [1.165, 1.54) is 56.9 Å². The van der Waals surface area contributed by atoms with Gasteiger partial charge in [0.1, 0.15) is 11.6 Å². The lowest BCUT2D eigenvalue weighted by Gasteiger charge is -2.26. The predicted molar refractivity (Wildman–Crippen MR) is 133 cm³/mol. The molecular weight excluding hydrogens is 404 g/mol. The first-order valence-electron chi connectivity index (χ1n) is 11.8. The molecule has 0 atom stereocenters. The SMILES string of the molecule is S=C(NCc1ccccc1)Nc1nc(N2CCCCCC2)cc(N2CCCCCC2)n1. The van der Waals surface area contributed by atoms with Gasteiger partial charge in [-0.2, -0.15) is 9.97 Å². The van der Waals surface area contributed by atoms with Crippen LogP contribution in [0.1, 0.15) is 56.9 Å². The van der Waals surface area contributed by atoms with E-state index in [1.54, 1.807) is 0 Å². The number of anilines is 3. The van der Waals surface area contributed by atoms with Gasteiger partial charge in [-0.1, -0.05) is 56.0 Å². The minimum atomic E-state index is 0.554. The lowest BCUT2D eigenvalue weighted by molar-refractivity contribution is 0.726. The summed E-state index contributed by atoms with van der Waals surface area (Å²) in [6.45, 7) is 4.93. The number of aromatic nitrogens is 2. The molecule has 1 aromatic carbocycles. The Morgan fingerprint density at radius 1 is 0.774 bits per heavy atom. The Kier molecular flexibility index (Phi) is 7.93. The van der Waals surface area contributed by atoms with Crippen molar-refractivity contribution in [2.75, 3.05) is 41.3 Å². The zero-order valence-corrected chi connectivity index (χ0v) is 19.2. The van der Waals surface area contributed by atoms with Crippen LogP contribution in [0.4, 0.5) is 17.6 Å². The quantitative estimate of drug-likeness (QED) is 0.655. The van der Waals surface area contributed by atoms with Crippen LogP contribution in [0.2, 0.25) is 0 Å². The fourth-order valence-electron chi connectivity index (χ4n) is 4.33. The lowest BCUT2D eigenvalue weighted by atomic mass is 10.2. The number of hydrogen-bond acceptors (Lipinski definition) is 5. The molecular formula is C24H34N6S. The Bertz CT molecular complexity index is 789. The molecule has 6 nitrogen and oxygen atoms in total. The van der Waals surface area contributed by atoms with Crippen molar-refractivity contribution in [2.24, 2.45) is 0 Å². The number of rotatable bonds is 5. The van der Waals surface area contributed by atoms with Gasteiger partial charge < -0.3 is 20.4 Å². The van der Waals surface area contributed by atoms with Crippen molar-refractivity contribution in [2.45, 2.75) is 57.9 Å². The second-order valence-corrected chi connectivity index (χ2v) is 8.91. The largest absolute Gasteiger partial charge is 0.358 e. The highest BCUT2D eigenvalue weighted by Crippen LogP contribution is 2.25. The number of nitrogens with one attached hydrogen (secondary N) is 2. The molecule has 7 heteroatoms. The maximum absolute atomic E-state index is 5.55. The summed E-state index contributed by atoms with van der Waals surface area (Å²) in [5, 5.41) is 7.08. The first kappa shape index (κ1) is 21.8. The average Bonchev–Trinajstić information content (AvgIpc) is 3.24. The van der Waals surface area contributed by atoms with E-state index in [2.05, 4.69) is 38.6 Å². The first-order valence-corrected chi connectivity index (χ1v) is 12.2. The van der Waals surface area contributed by atoms with Crippen molar-refractivity contribution in [3.05, 3.63) is 42.0 Å². The molecule has 4 rings (SSSR count). The van der Waals surface area contributed by atoms with Crippen LogP contribution in [-0.2, 0) is 6.54 Å². The van der Waals surface area contributed by atoms with Gasteiger partial charge in [-0.05, 0) is 43.5 Å². The van der Waals surface area contributed by atoms with E-state index in [1.807, 2.05) is 18.2 Å². The Morgan fingerprint density at radius 2 is 1.29 bits per heavy atom. The Labute approximate surface area is 191 Å². The van der Waals surface area contributed by atoms with Crippen LogP contribution in [0.3, 0.4) is 0 Å². The van der Waals surface area contributed by atoms with E-state index >= 15 is 0 Å². The van der Waals surface area contributed by atoms with E-state index < -0.39 is 0 Å². The summed E-state index contributed by atoms with van der Waals surface area (Å²) >= 11 is 5.55. The monoisotopic (exact) mass is 438 g/mol. The molecule has 0 radical (unpaired) electrons. The van der Waals surface area contributed by atoms with Gasteiger partial charge >= 0.3 is 0 Å². The minimum Gasteiger partial charge on any atom is -0.358 e. The molecule has 2 fully saturated rings. The Hall–Kier alpha value is -2.41. The maximum atomic E-state index is 5.55. The van der Waals surface area contributed by atoms with Crippen molar-refractivity contribution in [3.63, 3.8) is 0 Å². The van der Waals surface area contributed by atoms with Crippen molar-refractivity contribution >= 4 is 34.9 Å². The standard InChI is InChI=1S/C24H34N6S/c31-24(25-19-20-12-6-5-7-13-20)28-23-26-21(29-14-8-1-2-9-15-29)18-22(27-23)30-16-10-3-4-11-17-30/h5-7,12-13,18H,1-4,8-11,14-17,19H2,(H2,25,26,27,28,31). The van der Waals surface area contributed by atoms with Crippen LogP contribution in [0.15, 0.2) is 36.4 Å². The predicted octanol–water partition coefficient (Wildman–Crippen LogP) is 4.72. The van der Waals surface area contributed by atoms with Gasteiger partial charge in [0.05, 0.1) is 0 Å². The van der Waals surface area contributed by atoms with Crippen LogP contribution in [0.5, 0.6) is 0 Å². The molecule has 166 valence electrons. The third-order valence-electron chi connectivity index (χ3n) is 6.08. The molecule has 0 spiro atoms. The summed E-state index contributed by atoms with van der Waals surface area (Å²) in [7, 11) is 0. The molecule has 2 N–H and O–H groups in total. The van der Waals surface area contributed by atoms with Gasteiger partial charge in [-0.15, -0.1) is 0 Å².